The molecule has 0 saturated heterocycles. The quantitative estimate of drug-likeness (QED) is 0.670. The van der Waals surface area contributed by atoms with E-state index >= 15 is 0 Å². The Morgan fingerprint density at radius 2 is 1.86 bits per heavy atom. The van der Waals surface area contributed by atoms with Crippen LogP contribution in [0.25, 0.3) is 0 Å². The number of amides is 1. The van der Waals surface area contributed by atoms with Crippen molar-refractivity contribution in [1.82, 2.24) is 5.43 Å². The minimum atomic E-state index is -0.791. The molecule has 0 saturated carbocycles. The Labute approximate surface area is 130 Å². The fourth-order valence-electron chi connectivity index (χ4n) is 1.78. The first-order chi connectivity index (χ1) is 10.4. The smallest absolute Gasteiger partial charge is 0.275 e. The molecular weight excluding hydrogens is 314 g/mol. The Morgan fingerprint density at radius 1 is 1.23 bits per heavy atom. The van der Waals surface area contributed by atoms with Gasteiger partial charge in [0.1, 0.15) is 17.4 Å². The molecule has 0 radical (unpaired) electrons. The molecule has 0 aliphatic heterocycles. The van der Waals surface area contributed by atoms with Crippen LogP contribution >= 0.6 is 11.6 Å². The van der Waals surface area contributed by atoms with Gasteiger partial charge in [-0.05, 0) is 37.3 Å². The van der Waals surface area contributed by atoms with E-state index in [1.54, 1.807) is 0 Å². The Bertz CT molecular complexity index is 743. The third-order valence-electron chi connectivity index (χ3n) is 2.85. The molecule has 0 spiro atoms. The zero-order valence-electron chi connectivity index (χ0n) is 11.4. The van der Waals surface area contributed by atoms with Crippen LogP contribution in [0.2, 0.25) is 5.02 Å². The van der Waals surface area contributed by atoms with E-state index < -0.39 is 17.5 Å². The van der Waals surface area contributed by atoms with Crippen LogP contribution in [0.3, 0.4) is 0 Å². The summed E-state index contributed by atoms with van der Waals surface area (Å²) in [5, 5.41) is 13.5. The molecule has 2 aromatic carbocycles. The average molecular weight is 325 g/mol. The molecule has 2 aromatic rings. The van der Waals surface area contributed by atoms with E-state index in [1.807, 2.05) is 0 Å². The summed E-state index contributed by atoms with van der Waals surface area (Å²) in [4.78, 5) is 11.9. The number of hydrogen-bond acceptors (Lipinski definition) is 3. The van der Waals surface area contributed by atoms with E-state index in [4.69, 9.17) is 11.6 Å². The van der Waals surface area contributed by atoms with Crippen molar-refractivity contribution in [3.05, 3.63) is 64.2 Å². The van der Waals surface area contributed by atoms with Crippen LogP contribution in [0, 0.1) is 11.6 Å². The molecule has 7 heteroatoms. The first kappa shape index (κ1) is 15.9. The van der Waals surface area contributed by atoms with Crippen LogP contribution in [-0.4, -0.2) is 16.7 Å². The summed E-state index contributed by atoms with van der Waals surface area (Å²) in [5.41, 5.74) is 1.63. The number of hydrogen-bond donors (Lipinski definition) is 2. The van der Waals surface area contributed by atoms with Gasteiger partial charge < -0.3 is 5.11 Å². The van der Waals surface area contributed by atoms with Crippen LogP contribution < -0.4 is 5.43 Å². The molecular formula is C15H11ClF2N2O2. The van der Waals surface area contributed by atoms with Crippen molar-refractivity contribution >= 4 is 23.2 Å². The van der Waals surface area contributed by atoms with Crippen molar-refractivity contribution in [1.29, 1.82) is 0 Å². The molecule has 4 nitrogen and oxygen atoms in total. The second-order valence-electron chi connectivity index (χ2n) is 4.40. The average Bonchev–Trinajstić information content (AvgIpc) is 2.47. The van der Waals surface area contributed by atoms with Gasteiger partial charge in [0.25, 0.3) is 5.91 Å². The number of phenols is 1. The van der Waals surface area contributed by atoms with E-state index in [9.17, 15) is 18.7 Å². The lowest BCUT2D eigenvalue weighted by molar-refractivity contribution is 0.0952. The van der Waals surface area contributed by atoms with Crippen LogP contribution in [0.5, 0.6) is 5.75 Å². The van der Waals surface area contributed by atoms with E-state index in [1.165, 1.54) is 31.2 Å². The number of carbonyl (C=O) groups is 1. The first-order valence-electron chi connectivity index (χ1n) is 6.17. The summed E-state index contributed by atoms with van der Waals surface area (Å²) in [5.74, 6) is -2.62. The number of nitrogens with one attached hydrogen (secondary N) is 1. The van der Waals surface area contributed by atoms with Crippen LogP contribution in [0.15, 0.2) is 41.5 Å². The van der Waals surface area contributed by atoms with Crippen molar-refractivity contribution in [3.8, 4) is 5.75 Å². The summed E-state index contributed by atoms with van der Waals surface area (Å²) in [6.45, 7) is 1.35. The molecule has 0 bridgehead atoms. The Kier molecular flexibility index (Phi) is 4.72. The summed E-state index contributed by atoms with van der Waals surface area (Å²) in [6, 6.07) is 7.32. The van der Waals surface area contributed by atoms with Crippen LogP contribution in [0.4, 0.5) is 8.78 Å². The highest BCUT2D eigenvalue weighted by Crippen LogP contribution is 2.21. The van der Waals surface area contributed by atoms with Crippen molar-refractivity contribution in [2.75, 3.05) is 0 Å². The van der Waals surface area contributed by atoms with E-state index in [0.717, 1.165) is 12.1 Å². The molecule has 0 aromatic heterocycles. The minimum Gasteiger partial charge on any atom is -0.507 e. The highest BCUT2D eigenvalue weighted by molar-refractivity contribution is 6.31. The fraction of sp³-hybridized carbons (Fsp3) is 0.0667. The number of aromatic hydroxyl groups is 1. The standard InChI is InChI=1S/C15H11ClF2N2O2/c1-8(14-11(17)3-2-4-12(14)18)19-20-15(22)10-7-9(16)5-6-13(10)21/h2-7,21H,1H3,(H,20,22)/b19-8-. The number of carbonyl (C=O) groups excluding carboxylic acids is 1. The molecule has 2 N–H and O–H groups in total. The van der Waals surface area contributed by atoms with Gasteiger partial charge in [-0.2, -0.15) is 5.10 Å². The van der Waals surface area contributed by atoms with Crippen molar-refractivity contribution in [2.45, 2.75) is 6.92 Å². The topological polar surface area (TPSA) is 61.7 Å². The monoisotopic (exact) mass is 324 g/mol. The molecule has 22 heavy (non-hydrogen) atoms. The predicted molar refractivity (Wildman–Crippen MR) is 79.2 cm³/mol. The SMILES string of the molecule is C/C(=N/NC(=O)c1cc(Cl)ccc1O)c1c(F)cccc1F. The van der Waals surface area contributed by atoms with Crippen LogP contribution in [0.1, 0.15) is 22.8 Å². The second kappa shape index (κ2) is 6.53. The van der Waals surface area contributed by atoms with Gasteiger partial charge in [-0.25, -0.2) is 14.2 Å². The molecule has 0 fully saturated rings. The van der Waals surface area contributed by atoms with Gasteiger partial charge in [-0.3, -0.25) is 4.79 Å². The van der Waals surface area contributed by atoms with Gasteiger partial charge >= 0.3 is 0 Å². The summed E-state index contributed by atoms with van der Waals surface area (Å²) in [6.07, 6.45) is 0. The Balaban J connectivity index is 2.24. The molecule has 2 rings (SSSR count). The molecule has 0 unspecified atom stereocenters. The Hall–Kier alpha value is -2.47. The zero-order chi connectivity index (χ0) is 16.3. The van der Waals surface area contributed by atoms with Gasteiger partial charge in [0.15, 0.2) is 0 Å². The third kappa shape index (κ3) is 3.40. The number of halogens is 3. The van der Waals surface area contributed by atoms with Crippen molar-refractivity contribution in [2.24, 2.45) is 5.10 Å². The molecule has 0 aliphatic rings. The molecule has 114 valence electrons. The summed E-state index contributed by atoms with van der Waals surface area (Å²) >= 11 is 5.73. The van der Waals surface area contributed by atoms with E-state index in [0.29, 0.717) is 0 Å². The maximum absolute atomic E-state index is 13.6. The molecule has 0 aliphatic carbocycles. The first-order valence-corrected chi connectivity index (χ1v) is 6.55. The van der Waals surface area contributed by atoms with Gasteiger partial charge in [-0.1, -0.05) is 17.7 Å². The van der Waals surface area contributed by atoms with Crippen molar-refractivity contribution in [3.63, 3.8) is 0 Å². The maximum atomic E-state index is 13.6. The van der Waals surface area contributed by atoms with Gasteiger partial charge in [0.05, 0.1) is 16.8 Å². The highest BCUT2D eigenvalue weighted by Gasteiger charge is 2.14. The zero-order valence-corrected chi connectivity index (χ0v) is 12.2. The van der Waals surface area contributed by atoms with Crippen LogP contribution in [-0.2, 0) is 0 Å². The number of hydrazone groups is 1. The number of phenolic OH excluding ortho intramolecular Hbond substituents is 1. The predicted octanol–water partition coefficient (Wildman–Crippen LogP) is 3.48. The normalized spacial score (nSPS) is 11.4. The van der Waals surface area contributed by atoms with Gasteiger partial charge in [0.2, 0.25) is 0 Å². The highest BCUT2D eigenvalue weighted by atomic mass is 35.5. The molecule has 0 atom stereocenters. The van der Waals surface area contributed by atoms with Gasteiger partial charge in [0, 0.05) is 5.02 Å². The summed E-state index contributed by atoms with van der Waals surface area (Å²) < 4.78 is 27.1. The second-order valence-corrected chi connectivity index (χ2v) is 4.83. The lowest BCUT2D eigenvalue weighted by Crippen LogP contribution is -2.20. The lowest BCUT2D eigenvalue weighted by Gasteiger charge is -2.06. The molecule has 0 heterocycles. The summed E-state index contributed by atoms with van der Waals surface area (Å²) in [7, 11) is 0. The number of nitrogens with zero attached hydrogens (tertiary/aromatic N) is 1. The maximum Gasteiger partial charge on any atom is 0.275 e. The van der Waals surface area contributed by atoms with Gasteiger partial charge in [-0.15, -0.1) is 0 Å². The number of benzene rings is 2. The minimum absolute atomic E-state index is 0.0505. The van der Waals surface area contributed by atoms with E-state index in [2.05, 4.69) is 10.5 Å². The number of rotatable bonds is 3. The largest absolute Gasteiger partial charge is 0.507 e. The lowest BCUT2D eigenvalue weighted by atomic mass is 10.1. The molecule has 1 amide bonds. The van der Waals surface area contributed by atoms with E-state index in [-0.39, 0.29) is 27.6 Å². The Morgan fingerprint density at radius 3 is 2.50 bits per heavy atom. The van der Waals surface area contributed by atoms with Crippen molar-refractivity contribution < 1.29 is 18.7 Å². The third-order valence-corrected chi connectivity index (χ3v) is 3.09. The fourth-order valence-corrected chi connectivity index (χ4v) is 1.96.